The van der Waals surface area contributed by atoms with Gasteiger partial charge in [-0.1, -0.05) is 24.3 Å². The number of rotatable bonds is 4. The minimum atomic E-state index is -0.133. The van der Waals surface area contributed by atoms with Gasteiger partial charge in [0.15, 0.2) is 6.61 Å². The van der Waals surface area contributed by atoms with Crippen LogP contribution in [0.5, 0.6) is 5.75 Å². The highest BCUT2D eigenvalue weighted by atomic mass is 16.5. The average Bonchev–Trinajstić information content (AvgIpc) is 2.97. The van der Waals surface area contributed by atoms with Gasteiger partial charge in [0, 0.05) is 0 Å². The van der Waals surface area contributed by atoms with Crippen molar-refractivity contribution in [3.05, 3.63) is 65.2 Å². The number of amides is 1. The molecule has 1 atom stereocenters. The molecule has 4 heteroatoms. The second kappa shape index (κ2) is 6.31. The fourth-order valence-electron chi connectivity index (χ4n) is 2.72. The van der Waals surface area contributed by atoms with E-state index in [1.165, 1.54) is 11.1 Å². The van der Waals surface area contributed by atoms with E-state index in [1.54, 1.807) is 24.3 Å². The lowest BCUT2D eigenvalue weighted by Gasteiger charge is -2.14. The average molecular weight is 292 g/mol. The Labute approximate surface area is 129 Å². The molecule has 0 bridgehead atoms. The minimum absolute atomic E-state index is 0.0232. The third-order valence-corrected chi connectivity index (χ3v) is 3.82. The van der Waals surface area contributed by atoms with Crippen LogP contribution in [0.25, 0.3) is 0 Å². The Hall–Kier alpha value is -2.80. The first kappa shape index (κ1) is 14.2. The molecule has 0 saturated heterocycles. The second-order valence-corrected chi connectivity index (χ2v) is 5.28. The van der Waals surface area contributed by atoms with E-state index in [9.17, 15) is 4.79 Å². The quantitative estimate of drug-likeness (QED) is 0.942. The number of aryl methyl sites for hydroxylation is 1. The lowest BCUT2D eigenvalue weighted by Crippen LogP contribution is -2.31. The van der Waals surface area contributed by atoms with E-state index in [4.69, 9.17) is 10.00 Å². The molecular formula is C18H16N2O2. The van der Waals surface area contributed by atoms with Crippen molar-refractivity contribution in [2.45, 2.75) is 18.9 Å². The highest BCUT2D eigenvalue weighted by molar-refractivity contribution is 5.78. The van der Waals surface area contributed by atoms with Gasteiger partial charge in [0.25, 0.3) is 5.91 Å². The summed E-state index contributed by atoms with van der Waals surface area (Å²) in [6.07, 6.45) is 1.93. The van der Waals surface area contributed by atoms with Gasteiger partial charge in [-0.3, -0.25) is 4.79 Å². The van der Waals surface area contributed by atoms with Crippen LogP contribution in [-0.4, -0.2) is 12.5 Å². The van der Waals surface area contributed by atoms with Crippen LogP contribution in [0.2, 0.25) is 0 Å². The Kier molecular flexibility index (Phi) is 4.06. The summed E-state index contributed by atoms with van der Waals surface area (Å²) in [6.45, 7) is -0.0232. The molecule has 0 spiro atoms. The van der Waals surface area contributed by atoms with Gasteiger partial charge in [-0.2, -0.15) is 5.26 Å². The molecule has 4 nitrogen and oxygen atoms in total. The topological polar surface area (TPSA) is 62.1 Å². The molecule has 3 rings (SSSR count). The Morgan fingerprint density at radius 2 is 2.00 bits per heavy atom. The first-order valence-electron chi connectivity index (χ1n) is 7.26. The van der Waals surface area contributed by atoms with Gasteiger partial charge < -0.3 is 10.1 Å². The molecule has 1 N–H and O–H groups in total. The monoisotopic (exact) mass is 292 g/mol. The molecule has 0 aliphatic heterocycles. The van der Waals surface area contributed by atoms with E-state index >= 15 is 0 Å². The van der Waals surface area contributed by atoms with Crippen molar-refractivity contribution in [3.8, 4) is 11.8 Å². The molecule has 1 aliphatic rings. The van der Waals surface area contributed by atoms with Gasteiger partial charge in [-0.05, 0) is 48.2 Å². The zero-order valence-electron chi connectivity index (χ0n) is 12.1. The number of nitrogens with zero attached hydrogens (tertiary/aromatic N) is 1. The first-order valence-corrected chi connectivity index (χ1v) is 7.26. The summed E-state index contributed by atoms with van der Waals surface area (Å²) >= 11 is 0. The van der Waals surface area contributed by atoms with Crippen molar-refractivity contribution in [1.82, 2.24) is 5.32 Å². The molecule has 0 heterocycles. The predicted octanol–water partition coefficient (Wildman–Crippen LogP) is 2.74. The maximum absolute atomic E-state index is 12.0. The van der Waals surface area contributed by atoms with Crippen molar-refractivity contribution in [1.29, 1.82) is 5.26 Å². The first-order chi connectivity index (χ1) is 10.8. The van der Waals surface area contributed by atoms with Crippen LogP contribution in [0.1, 0.15) is 29.2 Å². The predicted molar refractivity (Wildman–Crippen MR) is 82.3 cm³/mol. The van der Waals surface area contributed by atoms with Gasteiger partial charge in [0.1, 0.15) is 5.75 Å². The standard InChI is InChI=1S/C18H16N2O2/c19-11-13-5-8-15(9-6-13)22-12-18(21)20-17-10-7-14-3-1-2-4-16(14)17/h1-6,8-9,17H,7,10,12H2,(H,20,21)/t17-/m1/s1. The van der Waals surface area contributed by atoms with Crippen LogP contribution >= 0.6 is 0 Å². The number of carbonyl (C=O) groups is 1. The Balaban J connectivity index is 1.54. The molecule has 22 heavy (non-hydrogen) atoms. The van der Waals surface area contributed by atoms with Crippen molar-refractivity contribution >= 4 is 5.91 Å². The summed E-state index contributed by atoms with van der Waals surface area (Å²) in [5.41, 5.74) is 3.08. The zero-order valence-corrected chi connectivity index (χ0v) is 12.1. The lowest BCUT2D eigenvalue weighted by molar-refractivity contribution is -0.123. The summed E-state index contributed by atoms with van der Waals surface area (Å²) in [7, 11) is 0. The lowest BCUT2D eigenvalue weighted by atomic mass is 10.1. The zero-order chi connectivity index (χ0) is 15.4. The fraction of sp³-hybridized carbons (Fsp3) is 0.222. The number of fused-ring (bicyclic) bond motifs is 1. The molecule has 2 aromatic carbocycles. The van der Waals surface area contributed by atoms with Gasteiger partial charge in [0.2, 0.25) is 0 Å². The van der Waals surface area contributed by atoms with E-state index in [2.05, 4.69) is 17.4 Å². The SMILES string of the molecule is N#Cc1ccc(OCC(=O)N[C@@H]2CCc3ccccc32)cc1. The molecule has 0 unspecified atom stereocenters. The van der Waals surface area contributed by atoms with Crippen LogP contribution in [0.4, 0.5) is 0 Å². The Morgan fingerprint density at radius 3 is 2.77 bits per heavy atom. The van der Waals surface area contributed by atoms with Crippen LogP contribution in [-0.2, 0) is 11.2 Å². The number of benzene rings is 2. The normalized spacial score (nSPS) is 15.7. The van der Waals surface area contributed by atoms with Crippen LogP contribution in [0, 0.1) is 11.3 Å². The van der Waals surface area contributed by atoms with Crippen molar-refractivity contribution in [2.24, 2.45) is 0 Å². The third-order valence-electron chi connectivity index (χ3n) is 3.82. The van der Waals surface area contributed by atoms with Crippen LogP contribution in [0.15, 0.2) is 48.5 Å². The maximum atomic E-state index is 12.0. The highest BCUT2D eigenvalue weighted by Gasteiger charge is 2.23. The smallest absolute Gasteiger partial charge is 0.258 e. The Morgan fingerprint density at radius 1 is 1.23 bits per heavy atom. The summed E-state index contributed by atoms with van der Waals surface area (Å²) < 4.78 is 5.44. The molecule has 0 fully saturated rings. The summed E-state index contributed by atoms with van der Waals surface area (Å²) in [5, 5.41) is 11.7. The van der Waals surface area contributed by atoms with E-state index in [0.717, 1.165) is 12.8 Å². The van der Waals surface area contributed by atoms with Gasteiger partial charge >= 0.3 is 0 Å². The van der Waals surface area contributed by atoms with E-state index in [1.807, 2.05) is 18.2 Å². The number of ether oxygens (including phenoxy) is 1. The highest BCUT2D eigenvalue weighted by Crippen LogP contribution is 2.30. The van der Waals surface area contributed by atoms with Crippen LogP contribution < -0.4 is 10.1 Å². The molecule has 0 aromatic heterocycles. The van der Waals surface area contributed by atoms with Gasteiger partial charge in [-0.25, -0.2) is 0 Å². The molecule has 1 amide bonds. The summed E-state index contributed by atoms with van der Waals surface area (Å²) in [6, 6.07) is 17.0. The molecule has 110 valence electrons. The molecule has 2 aromatic rings. The van der Waals surface area contributed by atoms with Gasteiger partial charge in [-0.15, -0.1) is 0 Å². The van der Waals surface area contributed by atoms with E-state index in [0.29, 0.717) is 11.3 Å². The number of carbonyl (C=O) groups excluding carboxylic acids is 1. The summed E-state index contributed by atoms with van der Waals surface area (Å²) in [4.78, 5) is 12.0. The Bertz CT molecular complexity index is 717. The van der Waals surface area contributed by atoms with E-state index < -0.39 is 0 Å². The molecule has 1 aliphatic carbocycles. The number of hydrogen-bond donors (Lipinski definition) is 1. The molecular weight excluding hydrogens is 276 g/mol. The number of nitriles is 1. The molecule has 0 saturated carbocycles. The maximum Gasteiger partial charge on any atom is 0.258 e. The van der Waals surface area contributed by atoms with E-state index in [-0.39, 0.29) is 18.6 Å². The summed E-state index contributed by atoms with van der Waals surface area (Å²) in [5.74, 6) is 0.451. The van der Waals surface area contributed by atoms with Crippen molar-refractivity contribution < 1.29 is 9.53 Å². The number of nitrogens with one attached hydrogen (secondary N) is 1. The van der Waals surface area contributed by atoms with Gasteiger partial charge in [0.05, 0.1) is 17.7 Å². The third kappa shape index (κ3) is 3.09. The van der Waals surface area contributed by atoms with Crippen molar-refractivity contribution in [3.63, 3.8) is 0 Å². The van der Waals surface area contributed by atoms with Crippen molar-refractivity contribution in [2.75, 3.05) is 6.61 Å². The second-order valence-electron chi connectivity index (χ2n) is 5.28. The minimum Gasteiger partial charge on any atom is -0.484 e. The number of hydrogen-bond acceptors (Lipinski definition) is 3. The largest absolute Gasteiger partial charge is 0.484 e. The fourth-order valence-corrected chi connectivity index (χ4v) is 2.72. The molecule has 0 radical (unpaired) electrons. The van der Waals surface area contributed by atoms with Crippen LogP contribution in [0.3, 0.4) is 0 Å².